The Labute approximate surface area is 307 Å². The Morgan fingerprint density at radius 2 is 0.925 bits per heavy atom. The van der Waals surface area contributed by atoms with Gasteiger partial charge < -0.3 is 0 Å². The molecule has 0 saturated carbocycles. The molecule has 10 rings (SSSR count). The van der Waals surface area contributed by atoms with Crippen LogP contribution in [0.15, 0.2) is 143 Å². The number of unbranched alkanes of at least 4 members (excludes halogenated alkanes) is 1. The Bertz CT molecular complexity index is 3070. The second-order valence-corrected chi connectivity index (χ2v) is 14.8. The molecule has 0 aliphatic carbocycles. The first kappa shape index (κ1) is 31.7. The summed E-state index contributed by atoms with van der Waals surface area (Å²) in [5, 5.41) is 11.9. The molecule has 1 aromatic heterocycles. The zero-order chi connectivity index (χ0) is 35.8. The van der Waals surface area contributed by atoms with Crippen molar-refractivity contribution in [1.82, 2.24) is 4.57 Å². The molecular weight excluding hydrogens is 647 g/mol. The molecule has 10 aromatic rings. The number of hydrogen-bond acceptors (Lipinski definition) is 2. The van der Waals surface area contributed by atoms with E-state index < -0.39 is 0 Å². The van der Waals surface area contributed by atoms with Crippen molar-refractivity contribution >= 4 is 64.6 Å². The van der Waals surface area contributed by atoms with E-state index in [9.17, 15) is 9.59 Å². The minimum atomic E-state index is -0.162. The Kier molecular flexibility index (Phi) is 7.33. The minimum Gasteiger partial charge on any atom is -0.274 e. The van der Waals surface area contributed by atoms with E-state index in [0.29, 0.717) is 17.3 Å². The Hall–Kier alpha value is -6.06. The SMILES string of the molecule is CCCCC(CC)Cn1c(=O)c2c3ccc4c(-c5ccccc5)ccc5c6c(-c7ccccc7)ccc7c(-c8ccccc8)cc(c2c1=O)c(c76)c3c45. The molecule has 9 aromatic carbocycles. The van der Waals surface area contributed by atoms with Gasteiger partial charge in [-0.1, -0.05) is 161 Å². The molecule has 1 unspecified atom stereocenters. The van der Waals surface area contributed by atoms with E-state index in [1.165, 1.54) is 5.39 Å². The molecule has 0 N–H and O–H groups in total. The monoisotopic (exact) mass is 685 g/mol. The minimum absolute atomic E-state index is 0.160. The van der Waals surface area contributed by atoms with Crippen molar-refractivity contribution in [1.29, 1.82) is 0 Å². The number of fused-ring (bicyclic) bond motifs is 4. The average molecular weight is 686 g/mol. The fourth-order valence-electron chi connectivity index (χ4n) is 9.38. The third-order valence-electron chi connectivity index (χ3n) is 11.9. The van der Waals surface area contributed by atoms with E-state index in [4.69, 9.17) is 0 Å². The predicted octanol–water partition coefficient (Wildman–Crippen LogP) is 12.7. The highest BCUT2D eigenvalue weighted by Gasteiger charge is 2.28. The first-order valence-electron chi connectivity index (χ1n) is 19.1. The highest BCUT2D eigenvalue weighted by atomic mass is 16.2. The van der Waals surface area contributed by atoms with Crippen LogP contribution in [-0.2, 0) is 6.54 Å². The van der Waals surface area contributed by atoms with Crippen molar-refractivity contribution in [2.24, 2.45) is 5.92 Å². The van der Waals surface area contributed by atoms with Gasteiger partial charge in [0, 0.05) is 6.54 Å². The van der Waals surface area contributed by atoms with Crippen LogP contribution in [0.4, 0.5) is 0 Å². The summed E-state index contributed by atoms with van der Waals surface area (Å²) in [6, 6.07) is 47.3. The van der Waals surface area contributed by atoms with Crippen molar-refractivity contribution in [3.05, 3.63) is 154 Å². The van der Waals surface area contributed by atoms with Crippen LogP contribution >= 0.6 is 0 Å². The van der Waals surface area contributed by atoms with Gasteiger partial charge in [0.25, 0.3) is 11.1 Å². The standard InChI is InChI=1S/C50H39NO2/c1-3-5-15-30(4-2)29-51-49(52)47-39-27-25-36-34(31-16-9-6-10-17-31)22-26-38-42-35(32-18-11-7-12-19-32)23-24-37-40(33-20-13-8-14-21-33)28-41(48(47)50(51)53)46(44(37)42)45(39)43(36)38/h6-14,16-28,30H,3-5,15,29H2,1-2H3. The maximum atomic E-state index is 14.9. The van der Waals surface area contributed by atoms with Crippen LogP contribution in [0.3, 0.4) is 0 Å². The van der Waals surface area contributed by atoms with Gasteiger partial charge in [0.1, 0.15) is 0 Å². The molecule has 53 heavy (non-hydrogen) atoms. The maximum Gasteiger partial charge on any atom is 0.262 e. The van der Waals surface area contributed by atoms with Gasteiger partial charge in [-0.15, -0.1) is 0 Å². The van der Waals surface area contributed by atoms with Crippen LogP contribution in [-0.4, -0.2) is 4.57 Å². The second-order valence-electron chi connectivity index (χ2n) is 14.8. The summed E-state index contributed by atoms with van der Waals surface area (Å²) in [4.78, 5) is 29.7. The molecule has 0 aliphatic rings. The first-order valence-corrected chi connectivity index (χ1v) is 19.1. The fourth-order valence-corrected chi connectivity index (χ4v) is 9.38. The number of benzene rings is 9. The molecule has 0 saturated heterocycles. The van der Waals surface area contributed by atoms with Gasteiger partial charge in [-0.2, -0.15) is 0 Å². The molecule has 3 heteroatoms. The van der Waals surface area contributed by atoms with Crippen LogP contribution < -0.4 is 11.1 Å². The van der Waals surface area contributed by atoms with Crippen LogP contribution in [0.5, 0.6) is 0 Å². The maximum absolute atomic E-state index is 14.9. The zero-order valence-corrected chi connectivity index (χ0v) is 30.1. The summed E-state index contributed by atoms with van der Waals surface area (Å²) in [6.45, 7) is 4.82. The Morgan fingerprint density at radius 1 is 0.453 bits per heavy atom. The molecule has 0 radical (unpaired) electrons. The lowest BCUT2D eigenvalue weighted by molar-refractivity contribution is 0.384. The third kappa shape index (κ3) is 4.59. The van der Waals surface area contributed by atoms with Gasteiger partial charge >= 0.3 is 0 Å². The lowest BCUT2D eigenvalue weighted by Crippen LogP contribution is -2.29. The molecule has 3 nitrogen and oxygen atoms in total. The molecule has 0 fully saturated rings. The lowest BCUT2D eigenvalue weighted by Gasteiger charge is -2.23. The van der Waals surface area contributed by atoms with Gasteiger partial charge in [-0.25, -0.2) is 0 Å². The van der Waals surface area contributed by atoms with E-state index >= 15 is 0 Å². The Balaban J connectivity index is 1.47. The zero-order valence-electron chi connectivity index (χ0n) is 30.1. The highest BCUT2D eigenvalue weighted by Crippen LogP contribution is 2.52. The lowest BCUT2D eigenvalue weighted by atomic mass is 9.79. The summed E-state index contributed by atoms with van der Waals surface area (Å²) >= 11 is 0. The highest BCUT2D eigenvalue weighted by molar-refractivity contribution is 6.47. The van der Waals surface area contributed by atoms with E-state index in [0.717, 1.165) is 108 Å². The van der Waals surface area contributed by atoms with Gasteiger partial charge in [0.05, 0.1) is 10.8 Å². The number of rotatable bonds is 9. The number of aromatic nitrogens is 1. The molecule has 0 spiro atoms. The summed E-state index contributed by atoms with van der Waals surface area (Å²) in [5.41, 5.74) is 6.45. The quantitative estimate of drug-likeness (QED) is 0.112. The third-order valence-corrected chi connectivity index (χ3v) is 11.9. The first-order chi connectivity index (χ1) is 26.1. The van der Waals surface area contributed by atoms with Crippen molar-refractivity contribution in [3.63, 3.8) is 0 Å². The molecule has 0 aliphatic heterocycles. The number of nitrogens with zero attached hydrogens (tertiary/aromatic N) is 1. The smallest absolute Gasteiger partial charge is 0.262 e. The molecular formula is C50H39NO2. The van der Waals surface area contributed by atoms with Gasteiger partial charge in [-0.05, 0) is 106 Å². The molecule has 0 bridgehead atoms. The van der Waals surface area contributed by atoms with Crippen LogP contribution in [0, 0.1) is 5.92 Å². The van der Waals surface area contributed by atoms with Crippen LogP contribution in [0.2, 0.25) is 0 Å². The van der Waals surface area contributed by atoms with Gasteiger partial charge in [-0.3, -0.25) is 14.2 Å². The molecule has 1 atom stereocenters. The summed E-state index contributed by atoms with van der Waals surface area (Å²) < 4.78 is 1.57. The largest absolute Gasteiger partial charge is 0.274 e. The van der Waals surface area contributed by atoms with E-state index in [1.54, 1.807) is 4.57 Å². The van der Waals surface area contributed by atoms with Crippen LogP contribution in [0.1, 0.15) is 39.5 Å². The van der Waals surface area contributed by atoms with Crippen molar-refractivity contribution in [2.75, 3.05) is 0 Å². The summed E-state index contributed by atoms with van der Waals surface area (Å²) in [5.74, 6) is 0.270. The Morgan fingerprint density at radius 3 is 1.57 bits per heavy atom. The normalized spacial score (nSPS) is 12.8. The second kappa shape index (κ2) is 12.3. The van der Waals surface area contributed by atoms with Crippen molar-refractivity contribution < 1.29 is 0 Å². The van der Waals surface area contributed by atoms with E-state index in [1.807, 2.05) is 6.07 Å². The summed E-state index contributed by atoms with van der Waals surface area (Å²) in [6.07, 6.45) is 4.12. The van der Waals surface area contributed by atoms with Crippen molar-refractivity contribution in [2.45, 2.75) is 46.1 Å². The molecule has 0 amide bonds. The molecule has 1 heterocycles. The number of hydrogen-bond donors (Lipinski definition) is 0. The fraction of sp³-hybridized carbons (Fsp3) is 0.160. The van der Waals surface area contributed by atoms with Gasteiger partial charge in [0.15, 0.2) is 0 Å². The van der Waals surface area contributed by atoms with E-state index in [-0.39, 0.29) is 17.0 Å². The van der Waals surface area contributed by atoms with Crippen molar-refractivity contribution in [3.8, 4) is 33.4 Å². The topological polar surface area (TPSA) is 39.1 Å². The molecule has 256 valence electrons. The summed E-state index contributed by atoms with van der Waals surface area (Å²) in [7, 11) is 0. The van der Waals surface area contributed by atoms with E-state index in [2.05, 4.69) is 141 Å². The predicted molar refractivity (Wildman–Crippen MR) is 225 cm³/mol. The average Bonchev–Trinajstić information content (AvgIpc) is 3.47. The van der Waals surface area contributed by atoms with Crippen LogP contribution in [0.25, 0.3) is 98.0 Å². The van der Waals surface area contributed by atoms with Gasteiger partial charge in [0.2, 0.25) is 0 Å².